The van der Waals surface area contributed by atoms with Crippen LogP contribution in [0, 0.1) is 0 Å². The molecule has 4 heteroatoms. The molecule has 1 aromatic rings. The minimum atomic E-state index is -0.965. The highest BCUT2D eigenvalue weighted by Crippen LogP contribution is 2.33. The van der Waals surface area contributed by atoms with E-state index in [1.807, 2.05) is 0 Å². The Bertz CT molecular complexity index is 424. The summed E-state index contributed by atoms with van der Waals surface area (Å²) in [7, 11) is 1.53. The Morgan fingerprint density at radius 3 is 3.00 bits per heavy atom. The fraction of sp³-hybridized carbons (Fsp3) is 0.200. The number of nitrogens with zero attached hydrogens (tertiary/aromatic N) is 1. The number of aromatic carboxylic acids is 1. The molecule has 0 spiro atoms. The van der Waals surface area contributed by atoms with E-state index in [1.54, 1.807) is 12.3 Å². The standard InChI is InChI=1S/C10H9NO3/c1-14-9-5-6(10(12)13)4-8-7(9)2-3-11-8/h3-5H,2H2,1H3,(H,12,13). The summed E-state index contributed by atoms with van der Waals surface area (Å²) >= 11 is 0. The van der Waals surface area contributed by atoms with Crippen molar-refractivity contribution in [3.8, 4) is 5.75 Å². The minimum absolute atomic E-state index is 0.208. The van der Waals surface area contributed by atoms with Gasteiger partial charge in [0.1, 0.15) is 5.75 Å². The lowest BCUT2D eigenvalue weighted by Crippen LogP contribution is -1.98. The maximum atomic E-state index is 10.8. The van der Waals surface area contributed by atoms with Crippen LogP contribution in [-0.4, -0.2) is 24.4 Å². The van der Waals surface area contributed by atoms with E-state index in [1.165, 1.54) is 13.2 Å². The second-order valence-corrected chi connectivity index (χ2v) is 3.00. The maximum Gasteiger partial charge on any atom is 0.335 e. The fourth-order valence-corrected chi connectivity index (χ4v) is 1.49. The topological polar surface area (TPSA) is 58.9 Å². The molecule has 1 aliphatic heterocycles. The lowest BCUT2D eigenvalue weighted by molar-refractivity contribution is 0.0696. The average Bonchev–Trinajstić information content (AvgIpc) is 2.63. The zero-order valence-electron chi connectivity index (χ0n) is 7.65. The fourth-order valence-electron chi connectivity index (χ4n) is 1.49. The van der Waals surface area contributed by atoms with Crippen LogP contribution in [0.15, 0.2) is 17.1 Å². The Kier molecular flexibility index (Phi) is 1.96. The van der Waals surface area contributed by atoms with Crippen LogP contribution < -0.4 is 4.74 Å². The quantitative estimate of drug-likeness (QED) is 0.773. The molecule has 0 atom stereocenters. The summed E-state index contributed by atoms with van der Waals surface area (Å²) in [6, 6.07) is 3.08. The van der Waals surface area contributed by atoms with E-state index < -0.39 is 5.97 Å². The number of rotatable bonds is 2. The summed E-state index contributed by atoms with van der Waals surface area (Å²) in [5, 5.41) is 8.83. The molecule has 4 nitrogen and oxygen atoms in total. The number of hydrogen-bond donors (Lipinski definition) is 1. The molecular formula is C10H9NO3. The van der Waals surface area contributed by atoms with Crippen molar-refractivity contribution >= 4 is 17.9 Å². The largest absolute Gasteiger partial charge is 0.496 e. The molecule has 0 amide bonds. The van der Waals surface area contributed by atoms with Gasteiger partial charge in [-0.25, -0.2) is 4.79 Å². The first-order valence-corrected chi connectivity index (χ1v) is 4.19. The normalized spacial score (nSPS) is 12.6. The van der Waals surface area contributed by atoms with E-state index in [0.717, 1.165) is 5.56 Å². The van der Waals surface area contributed by atoms with Gasteiger partial charge in [-0.05, 0) is 12.1 Å². The van der Waals surface area contributed by atoms with Gasteiger partial charge in [-0.3, -0.25) is 4.99 Å². The number of benzene rings is 1. The first kappa shape index (κ1) is 8.74. The number of carboxylic acid groups (broad SMARTS) is 1. The summed E-state index contributed by atoms with van der Waals surface area (Å²) in [5.74, 6) is -0.370. The molecule has 1 heterocycles. The van der Waals surface area contributed by atoms with Gasteiger partial charge in [0, 0.05) is 18.2 Å². The van der Waals surface area contributed by atoms with E-state index in [2.05, 4.69) is 4.99 Å². The van der Waals surface area contributed by atoms with Crippen molar-refractivity contribution in [2.45, 2.75) is 6.42 Å². The predicted molar refractivity (Wildman–Crippen MR) is 51.8 cm³/mol. The molecule has 0 aliphatic carbocycles. The second-order valence-electron chi connectivity index (χ2n) is 3.00. The monoisotopic (exact) mass is 191 g/mol. The van der Waals surface area contributed by atoms with Crippen LogP contribution in [0.25, 0.3) is 0 Å². The van der Waals surface area contributed by atoms with E-state index in [9.17, 15) is 4.79 Å². The summed E-state index contributed by atoms with van der Waals surface area (Å²) in [4.78, 5) is 14.8. The third-order valence-electron chi connectivity index (χ3n) is 2.18. The Hall–Kier alpha value is -1.84. The molecule has 0 saturated heterocycles. The molecule has 0 radical (unpaired) electrons. The van der Waals surface area contributed by atoms with Crippen LogP contribution in [0.4, 0.5) is 5.69 Å². The van der Waals surface area contributed by atoms with Crippen molar-refractivity contribution in [3.63, 3.8) is 0 Å². The number of methoxy groups -OCH3 is 1. The van der Waals surface area contributed by atoms with E-state index in [4.69, 9.17) is 9.84 Å². The van der Waals surface area contributed by atoms with Gasteiger partial charge in [-0.1, -0.05) is 0 Å². The lowest BCUT2D eigenvalue weighted by atomic mass is 10.1. The number of carbonyl (C=O) groups is 1. The molecule has 0 fully saturated rings. The molecule has 1 aliphatic rings. The van der Waals surface area contributed by atoms with Crippen molar-refractivity contribution in [2.24, 2.45) is 4.99 Å². The van der Waals surface area contributed by atoms with E-state index >= 15 is 0 Å². The third-order valence-corrected chi connectivity index (χ3v) is 2.18. The van der Waals surface area contributed by atoms with Crippen molar-refractivity contribution < 1.29 is 14.6 Å². The molecule has 72 valence electrons. The summed E-state index contributed by atoms with van der Waals surface area (Å²) in [6.07, 6.45) is 2.46. The van der Waals surface area contributed by atoms with Gasteiger partial charge < -0.3 is 9.84 Å². The van der Waals surface area contributed by atoms with Crippen molar-refractivity contribution in [1.29, 1.82) is 0 Å². The molecule has 0 aromatic heterocycles. The summed E-state index contributed by atoms with van der Waals surface area (Å²) in [5.41, 5.74) is 1.86. The number of hydrogen-bond acceptors (Lipinski definition) is 3. The number of fused-ring (bicyclic) bond motifs is 1. The highest BCUT2D eigenvalue weighted by atomic mass is 16.5. The first-order valence-electron chi connectivity index (χ1n) is 4.19. The smallest absolute Gasteiger partial charge is 0.335 e. The van der Waals surface area contributed by atoms with Crippen LogP contribution in [0.3, 0.4) is 0 Å². The molecule has 1 N–H and O–H groups in total. The van der Waals surface area contributed by atoms with Gasteiger partial charge in [0.2, 0.25) is 0 Å². The SMILES string of the molecule is COc1cc(C(=O)O)cc2c1CC=N2. The van der Waals surface area contributed by atoms with Crippen molar-refractivity contribution in [2.75, 3.05) is 7.11 Å². The zero-order chi connectivity index (χ0) is 10.1. The minimum Gasteiger partial charge on any atom is -0.496 e. The van der Waals surface area contributed by atoms with Gasteiger partial charge >= 0.3 is 5.97 Å². The number of ether oxygens (including phenoxy) is 1. The van der Waals surface area contributed by atoms with E-state index in [-0.39, 0.29) is 5.56 Å². The van der Waals surface area contributed by atoms with Gasteiger partial charge in [-0.2, -0.15) is 0 Å². The van der Waals surface area contributed by atoms with Crippen LogP contribution in [0.1, 0.15) is 15.9 Å². The highest BCUT2D eigenvalue weighted by Gasteiger charge is 2.16. The van der Waals surface area contributed by atoms with Crippen LogP contribution in [0.5, 0.6) is 5.75 Å². The highest BCUT2D eigenvalue weighted by molar-refractivity contribution is 5.91. The molecule has 1 aromatic carbocycles. The molecule has 2 rings (SSSR count). The summed E-state index contributed by atoms with van der Waals surface area (Å²) in [6.45, 7) is 0. The predicted octanol–water partition coefficient (Wildman–Crippen LogP) is 1.65. The average molecular weight is 191 g/mol. The molecule has 0 bridgehead atoms. The third kappa shape index (κ3) is 1.25. The Balaban J connectivity index is 2.58. The number of aliphatic imine (C=N–C) groups is 1. The van der Waals surface area contributed by atoms with Crippen molar-refractivity contribution in [3.05, 3.63) is 23.3 Å². The van der Waals surface area contributed by atoms with Gasteiger partial charge in [0.15, 0.2) is 0 Å². The molecule has 14 heavy (non-hydrogen) atoms. The van der Waals surface area contributed by atoms with Crippen LogP contribution in [-0.2, 0) is 6.42 Å². The van der Waals surface area contributed by atoms with E-state index in [0.29, 0.717) is 17.9 Å². The van der Waals surface area contributed by atoms with Crippen molar-refractivity contribution in [1.82, 2.24) is 0 Å². The molecule has 0 saturated carbocycles. The zero-order valence-corrected chi connectivity index (χ0v) is 7.65. The molecular weight excluding hydrogens is 182 g/mol. The summed E-state index contributed by atoms with van der Waals surface area (Å²) < 4.78 is 5.10. The number of carboxylic acids is 1. The van der Waals surface area contributed by atoms with Gasteiger partial charge in [0.05, 0.1) is 18.4 Å². The first-order chi connectivity index (χ1) is 6.72. The lowest BCUT2D eigenvalue weighted by Gasteiger charge is -2.07. The Labute approximate surface area is 80.8 Å². The molecule has 0 unspecified atom stereocenters. The van der Waals surface area contributed by atoms with Gasteiger partial charge in [0.25, 0.3) is 0 Å². The van der Waals surface area contributed by atoms with Gasteiger partial charge in [-0.15, -0.1) is 0 Å². The Morgan fingerprint density at radius 2 is 2.36 bits per heavy atom. The maximum absolute atomic E-state index is 10.8. The van der Waals surface area contributed by atoms with Crippen LogP contribution >= 0.6 is 0 Å². The second kappa shape index (κ2) is 3.14. The Morgan fingerprint density at radius 1 is 1.57 bits per heavy atom. The van der Waals surface area contributed by atoms with Crippen LogP contribution in [0.2, 0.25) is 0 Å².